The molecule has 0 aliphatic rings. The van der Waals surface area contributed by atoms with Gasteiger partial charge in [0.2, 0.25) is 0 Å². The minimum atomic E-state index is -0.516. The van der Waals surface area contributed by atoms with Crippen LogP contribution in [0.25, 0.3) is 0 Å². The maximum Gasteiger partial charge on any atom is 0.255 e. The van der Waals surface area contributed by atoms with Crippen LogP contribution in [-0.4, -0.2) is 16.1 Å². The van der Waals surface area contributed by atoms with E-state index in [0.29, 0.717) is 16.3 Å². The number of hydrogen-bond donors (Lipinski definition) is 3. The van der Waals surface area contributed by atoms with Gasteiger partial charge in [0.05, 0.1) is 22.3 Å². The molecule has 5 nitrogen and oxygen atoms in total. The van der Waals surface area contributed by atoms with Crippen LogP contribution in [0.1, 0.15) is 15.9 Å². The molecule has 0 saturated carbocycles. The highest BCUT2D eigenvalue weighted by Gasteiger charge is 2.11. The average molecular weight is 289 g/mol. The molecule has 0 aromatic heterocycles. The highest BCUT2D eigenvalue weighted by atomic mass is 35.5. The molecule has 0 unspecified atom stereocenters. The van der Waals surface area contributed by atoms with Crippen LogP contribution in [0.2, 0.25) is 5.02 Å². The number of phenols is 2. The third-order valence-corrected chi connectivity index (χ3v) is 2.91. The molecule has 6 heteroatoms. The lowest BCUT2D eigenvalue weighted by molar-refractivity contribution is 0.102. The van der Waals surface area contributed by atoms with Gasteiger partial charge in [0.25, 0.3) is 5.91 Å². The van der Waals surface area contributed by atoms with Crippen LogP contribution in [0.3, 0.4) is 0 Å². The van der Waals surface area contributed by atoms with Gasteiger partial charge in [0, 0.05) is 5.56 Å². The lowest BCUT2D eigenvalue weighted by Gasteiger charge is -2.08. The zero-order valence-electron chi connectivity index (χ0n) is 10.1. The number of amides is 1. The fourth-order valence-corrected chi connectivity index (χ4v) is 1.71. The van der Waals surface area contributed by atoms with Crippen molar-refractivity contribution >= 4 is 23.2 Å². The van der Waals surface area contributed by atoms with Gasteiger partial charge < -0.3 is 15.5 Å². The number of nitrogens with one attached hydrogen (secondary N) is 1. The Hall–Kier alpha value is -2.71. The molecule has 2 aromatic rings. The number of halogens is 1. The summed E-state index contributed by atoms with van der Waals surface area (Å²) in [6.07, 6.45) is 0. The second-order valence-corrected chi connectivity index (χ2v) is 4.37. The van der Waals surface area contributed by atoms with Crippen LogP contribution in [0.15, 0.2) is 36.4 Å². The standard InChI is InChI=1S/C14H9ClN2O3/c15-10-3-1-8(7-16)5-11(10)17-14(20)9-2-4-12(18)13(19)6-9/h1-6,18-19H,(H,17,20). The number of aromatic hydroxyl groups is 2. The van der Waals surface area contributed by atoms with Crippen LogP contribution >= 0.6 is 11.6 Å². The second kappa shape index (κ2) is 5.51. The third-order valence-electron chi connectivity index (χ3n) is 2.58. The molecule has 3 N–H and O–H groups in total. The summed E-state index contributed by atoms with van der Waals surface area (Å²) in [7, 11) is 0. The van der Waals surface area contributed by atoms with Crippen molar-refractivity contribution in [1.82, 2.24) is 0 Å². The van der Waals surface area contributed by atoms with Gasteiger partial charge >= 0.3 is 0 Å². The van der Waals surface area contributed by atoms with Gasteiger partial charge in [-0.1, -0.05) is 11.6 Å². The van der Waals surface area contributed by atoms with E-state index >= 15 is 0 Å². The number of hydrogen-bond acceptors (Lipinski definition) is 4. The number of carbonyl (C=O) groups excluding carboxylic acids is 1. The smallest absolute Gasteiger partial charge is 0.255 e. The Morgan fingerprint density at radius 1 is 1.15 bits per heavy atom. The number of nitriles is 1. The van der Waals surface area contributed by atoms with E-state index in [1.807, 2.05) is 6.07 Å². The number of nitrogens with zero attached hydrogens (tertiary/aromatic N) is 1. The summed E-state index contributed by atoms with van der Waals surface area (Å²) >= 11 is 5.93. The van der Waals surface area contributed by atoms with E-state index in [4.69, 9.17) is 16.9 Å². The molecular formula is C14H9ClN2O3. The van der Waals surface area contributed by atoms with Crippen molar-refractivity contribution in [3.8, 4) is 17.6 Å². The van der Waals surface area contributed by atoms with Gasteiger partial charge in [0.15, 0.2) is 11.5 Å². The minimum Gasteiger partial charge on any atom is -0.504 e. The molecule has 0 atom stereocenters. The van der Waals surface area contributed by atoms with E-state index in [0.717, 1.165) is 6.07 Å². The molecule has 0 radical (unpaired) electrons. The van der Waals surface area contributed by atoms with Crippen LogP contribution in [-0.2, 0) is 0 Å². The maximum atomic E-state index is 12.0. The molecule has 0 heterocycles. The van der Waals surface area contributed by atoms with Crippen molar-refractivity contribution in [2.45, 2.75) is 0 Å². The lowest BCUT2D eigenvalue weighted by atomic mass is 10.1. The second-order valence-electron chi connectivity index (χ2n) is 3.96. The van der Waals surface area contributed by atoms with Crippen molar-refractivity contribution in [3.05, 3.63) is 52.5 Å². The summed E-state index contributed by atoms with van der Waals surface area (Å²) in [5, 5.41) is 30.2. The molecular weight excluding hydrogens is 280 g/mol. The Morgan fingerprint density at radius 3 is 2.55 bits per heavy atom. The summed E-state index contributed by atoms with van der Waals surface area (Å²) in [6.45, 7) is 0. The number of carbonyl (C=O) groups is 1. The largest absolute Gasteiger partial charge is 0.504 e. The summed E-state index contributed by atoms with van der Waals surface area (Å²) in [5.74, 6) is -1.22. The predicted octanol–water partition coefficient (Wildman–Crippen LogP) is 2.88. The molecule has 0 bridgehead atoms. The zero-order valence-corrected chi connectivity index (χ0v) is 10.8. The average Bonchev–Trinajstić information content (AvgIpc) is 2.44. The molecule has 0 aliphatic carbocycles. The van der Waals surface area contributed by atoms with Crippen molar-refractivity contribution in [2.75, 3.05) is 5.32 Å². The first-order valence-electron chi connectivity index (χ1n) is 5.54. The van der Waals surface area contributed by atoms with E-state index in [2.05, 4.69) is 5.32 Å². The number of rotatable bonds is 2. The van der Waals surface area contributed by atoms with Gasteiger partial charge in [-0.05, 0) is 36.4 Å². The van der Waals surface area contributed by atoms with Gasteiger partial charge in [-0.25, -0.2) is 0 Å². The fraction of sp³-hybridized carbons (Fsp3) is 0. The molecule has 0 spiro atoms. The van der Waals surface area contributed by atoms with Crippen LogP contribution in [0.4, 0.5) is 5.69 Å². The molecule has 0 saturated heterocycles. The highest BCUT2D eigenvalue weighted by molar-refractivity contribution is 6.34. The third kappa shape index (κ3) is 2.82. The summed E-state index contributed by atoms with van der Waals surface area (Å²) in [4.78, 5) is 12.0. The molecule has 0 fully saturated rings. The Bertz CT molecular complexity index is 723. The Kier molecular flexibility index (Phi) is 3.78. The highest BCUT2D eigenvalue weighted by Crippen LogP contribution is 2.27. The normalized spacial score (nSPS) is 9.80. The first-order chi connectivity index (χ1) is 9.51. The van der Waals surface area contributed by atoms with Gasteiger partial charge in [-0.3, -0.25) is 4.79 Å². The van der Waals surface area contributed by atoms with Gasteiger partial charge in [-0.15, -0.1) is 0 Å². The van der Waals surface area contributed by atoms with Crippen LogP contribution < -0.4 is 5.32 Å². The summed E-state index contributed by atoms with van der Waals surface area (Å²) in [5.41, 5.74) is 0.806. The first-order valence-corrected chi connectivity index (χ1v) is 5.92. The SMILES string of the molecule is N#Cc1ccc(Cl)c(NC(=O)c2ccc(O)c(O)c2)c1. The Labute approximate surface area is 119 Å². The number of benzene rings is 2. The van der Waals surface area contributed by atoms with Crippen molar-refractivity contribution in [2.24, 2.45) is 0 Å². The fourth-order valence-electron chi connectivity index (χ4n) is 1.55. The Balaban J connectivity index is 2.28. The van der Waals surface area contributed by atoms with Crippen molar-refractivity contribution < 1.29 is 15.0 Å². The predicted molar refractivity (Wildman–Crippen MR) is 73.9 cm³/mol. The summed E-state index contributed by atoms with van der Waals surface area (Å²) in [6, 6.07) is 10.1. The van der Waals surface area contributed by atoms with E-state index in [9.17, 15) is 15.0 Å². The maximum absolute atomic E-state index is 12.0. The monoisotopic (exact) mass is 288 g/mol. The quantitative estimate of drug-likeness (QED) is 0.741. The lowest BCUT2D eigenvalue weighted by Crippen LogP contribution is -2.12. The van der Waals surface area contributed by atoms with Gasteiger partial charge in [-0.2, -0.15) is 5.26 Å². The van der Waals surface area contributed by atoms with E-state index in [1.54, 1.807) is 0 Å². The van der Waals surface area contributed by atoms with Crippen LogP contribution in [0, 0.1) is 11.3 Å². The van der Waals surface area contributed by atoms with E-state index in [1.165, 1.54) is 30.3 Å². The van der Waals surface area contributed by atoms with E-state index < -0.39 is 11.7 Å². The molecule has 1 amide bonds. The molecule has 2 rings (SSSR count). The molecule has 2 aromatic carbocycles. The van der Waals surface area contributed by atoms with Crippen LogP contribution in [0.5, 0.6) is 11.5 Å². The summed E-state index contributed by atoms with van der Waals surface area (Å²) < 4.78 is 0. The first kappa shape index (κ1) is 13.7. The molecule has 100 valence electrons. The van der Waals surface area contributed by atoms with Gasteiger partial charge in [0.1, 0.15) is 0 Å². The molecule has 20 heavy (non-hydrogen) atoms. The topological polar surface area (TPSA) is 93.4 Å². The molecule has 0 aliphatic heterocycles. The minimum absolute atomic E-state index is 0.152. The van der Waals surface area contributed by atoms with Crippen molar-refractivity contribution in [3.63, 3.8) is 0 Å². The zero-order chi connectivity index (χ0) is 14.7. The number of phenolic OH excluding ortho intramolecular Hbond substituents is 2. The van der Waals surface area contributed by atoms with E-state index in [-0.39, 0.29) is 11.3 Å². The Morgan fingerprint density at radius 2 is 1.90 bits per heavy atom. The van der Waals surface area contributed by atoms with Crippen molar-refractivity contribution in [1.29, 1.82) is 5.26 Å². The number of anilines is 1.